The topological polar surface area (TPSA) is 101 Å². The summed E-state index contributed by atoms with van der Waals surface area (Å²) >= 11 is 0. The monoisotopic (exact) mass is 549 g/mol. The Labute approximate surface area is 235 Å². The molecule has 1 atom stereocenters. The van der Waals surface area contributed by atoms with Crippen LogP contribution in [0.2, 0.25) is 0 Å². The summed E-state index contributed by atoms with van der Waals surface area (Å²) < 4.78 is 17.2. The highest BCUT2D eigenvalue weighted by Crippen LogP contribution is 2.48. The van der Waals surface area contributed by atoms with Gasteiger partial charge in [-0.25, -0.2) is 18.7 Å². The van der Waals surface area contributed by atoms with E-state index in [9.17, 15) is 9.59 Å². The van der Waals surface area contributed by atoms with Crippen molar-refractivity contribution in [3.8, 4) is 22.5 Å². The molecule has 3 aromatic heterocycles. The van der Waals surface area contributed by atoms with Gasteiger partial charge in [0.05, 0.1) is 28.7 Å². The van der Waals surface area contributed by atoms with Crippen LogP contribution in [0.5, 0.6) is 0 Å². The van der Waals surface area contributed by atoms with Gasteiger partial charge in [0.25, 0.3) is 5.91 Å². The Hall–Kier alpha value is -4.66. The van der Waals surface area contributed by atoms with Gasteiger partial charge in [0.2, 0.25) is 0 Å². The highest BCUT2D eigenvalue weighted by Gasteiger charge is 2.42. The van der Waals surface area contributed by atoms with Crippen molar-refractivity contribution in [3.63, 3.8) is 0 Å². The number of carboxylic acids is 1. The molecular formula is C32H28FN5O3. The van der Waals surface area contributed by atoms with Crippen molar-refractivity contribution in [1.29, 1.82) is 0 Å². The minimum absolute atomic E-state index is 0.00843. The molecule has 4 aromatic rings. The smallest absolute Gasteiger partial charge is 0.337 e. The van der Waals surface area contributed by atoms with Crippen molar-refractivity contribution < 1.29 is 19.1 Å². The van der Waals surface area contributed by atoms with Gasteiger partial charge in [-0.3, -0.25) is 9.78 Å². The van der Waals surface area contributed by atoms with Gasteiger partial charge in [-0.1, -0.05) is 30.7 Å². The van der Waals surface area contributed by atoms with Crippen molar-refractivity contribution in [2.24, 2.45) is 0 Å². The number of benzene rings is 1. The summed E-state index contributed by atoms with van der Waals surface area (Å²) in [4.78, 5) is 35.7. The number of hydrogen-bond donors (Lipinski definition) is 1. The van der Waals surface area contributed by atoms with E-state index in [1.54, 1.807) is 28.8 Å². The van der Waals surface area contributed by atoms with Crippen LogP contribution in [0, 0.1) is 5.82 Å². The number of nitrogens with zero attached hydrogens (tertiary/aromatic N) is 5. The number of aromatic nitrogens is 4. The summed E-state index contributed by atoms with van der Waals surface area (Å²) in [6.45, 7) is 4.89. The van der Waals surface area contributed by atoms with Crippen LogP contribution in [0.3, 0.4) is 0 Å². The Morgan fingerprint density at radius 2 is 1.93 bits per heavy atom. The van der Waals surface area contributed by atoms with Crippen LogP contribution < -0.4 is 0 Å². The number of fused-ring (bicyclic) bond motifs is 1. The standard InChI is InChI=1S/C32H28FN5O3/c1-18-22-5-3-4-19(22)10-13-37(18)30(39)27-15-28(32(2)11-12-32)38-29(35-27)16-26(36-38)23-8-6-20(14-24(23)33)25-9-7-21(17-34-25)31(40)41/h3,5-9,14-18H,4,10-13H2,1-2H3,(H,40,41). The molecule has 7 rings (SSSR count). The fourth-order valence-electron chi connectivity index (χ4n) is 5.95. The van der Waals surface area contributed by atoms with E-state index in [2.05, 4.69) is 31.0 Å². The molecule has 1 N–H and O–H groups in total. The van der Waals surface area contributed by atoms with Gasteiger partial charge in [-0.15, -0.1) is 0 Å². The van der Waals surface area contributed by atoms with Gasteiger partial charge in [-0.2, -0.15) is 5.10 Å². The summed E-state index contributed by atoms with van der Waals surface area (Å²) in [5, 5.41) is 13.9. The van der Waals surface area contributed by atoms with Gasteiger partial charge in [-0.05, 0) is 68.5 Å². The molecule has 1 saturated carbocycles. The zero-order valence-corrected chi connectivity index (χ0v) is 22.8. The lowest BCUT2D eigenvalue weighted by Crippen LogP contribution is -2.43. The molecule has 0 bridgehead atoms. The van der Waals surface area contributed by atoms with Crippen LogP contribution in [0.15, 0.2) is 72.0 Å². The fourth-order valence-corrected chi connectivity index (χ4v) is 5.95. The third kappa shape index (κ3) is 4.23. The molecule has 0 saturated heterocycles. The average Bonchev–Trinajstić information content (AvgIpc) is 3.34. The van der Waals surface area contributed by atoms with Crippen LogP contribution >= 0.6 is 0 Å². The first-order valence-corrected chi connectivity index (χ1v) is 13.8. The number of halogens is 1. The summed E-state index contributed by atoms with van der Waals surface area (Å²) in [7, 11) is 0. The largest absolute Gasteiger partial charge is 0.478 e. The van der Waals surface area contributed by atoms with Crippen molar-refractivity contribution in [1.82, 2.24) is 24.5 Å². The molecular weight excluding hydrogens is 521 g/mol. The first-order chi connectivity index (χ1) is 19.7. The number of carbonyl (C=O) groups is 2. The van der Waals surface area contributed by atoms with Crippen LogP contribution in [-0.4, -0.2) is 54.1 Å². The molecule has 1 fully saturated rings. The van der Waals surface area contributed by atoms with E-state index in [-0.39, 0.29) is 22.9 Å². The molecule has 2 aliphatic carbocycles. The Morgan fingerprint density at radius 3 is 2.63 bits per heavy atom. The zero-order valence-electron chi connectivity index (χ0n) is 22.8. The number of amides is 1. The third-order valence-corrected chi connectivity index (χ3v) is 8.72. The van der Waals surface area contributed by atoms with Crippen LogP contribution in [-0.2, 0) is 5.41 Å². The second kappa shape index (κ2) is 9.19. The SMILES string of the molecule is CC1C2=C(CC=C2)CCN1C(=O)c1cc(C2(C)CC2)n2nc(-c3ccc(-c4ccc(C(=O)O)cn4)cc3F)cc2n1. The zero-order chi connectivity index (χ0) is 28.5. The summed E-state index contributed by atoms with van der Waals surface area (Å²) in [6, 6.07) is 11.3. The summed E-state index contributed by atoms with van der Waals surface area (Å²) in [6.07, 6.45) is 9.35. The van der Waals surface area contributed by atoms with Gasteiger partial charge < -0.3 is 10.0 Å². The van der Waals surface area contributed by atoms with Crippen LogP contribution in [0.4, 0.5) is 4.39 Å². The molecule has 9 heteroatoms. The molecule has 1 aromatic carbocycles. The molecule has 8 nitrogen and oxygen atoms in total. The molecule has 41 heavy (non-hydrogen) atoms. The van der Waals surface area contributed by atoms with Gasteiger partial charge in [0.15, 0.2) is 5.65 Å². The second-order valence-electron chi connectivity index (χ2n) is 11.4. The van der Waals surface area contributed by atoms with E-state index in [1.165, 1.54) is 29.5 Å². The van der Waals surface area contributed by atoms with Gasteiger partial charge in [0.1, 0.15) is 11.5 Å². The maximum atomic E-state index is 15.4. The van der Waals surface area contributed by atoms with E-state index in [4.69, 9.17) is 15.2 Å². The molecule has 1 unspecified atom stereocenters. The maximum Gasteiger partial charge on any atom is 0.337 e. The van der Waals surface area contributed by atoms with Crippen molar-refractivity contribution in [2.45, 2.75) is 51.0 Å². The Morgan fingerprint density at radius 1 is 1.10 bits per heavy atom. The van der Waals surface area contributed by atoms with E-state index in [0.29, 0.717) is 40.4 Å². The highest BCUT2D eigenvalue weighted by atomic mass is 19.1. The van der Waals surface area contributed by atoms with Crippen LogP contribution in [0.1, 0.15) is 66.1 Å². The average molecular weight is 550 g/mol. The lowest BCUT2D eigenvalue weighted by molar-refractivity contribution is 0.0690. The molecule has 4 heterocycles. The summed E-state index contributed by atoms with van der Waals surface area (Å²) in [5.74, 6) is -1.66. The molecule has 1 amide bonds. The first kappa shape index (κ1) is 25.3. The van der Waals surface area contributed by atoms with E-state index in [0.717, 1.165) is 31.4 Å². The van der Waals surface area contributed by atoms with Gasteiger partial charge in [0, 0.05) is 35.3 Å². The van der Waals surface area contributed by atoms with E-state index in [1.807, 2.05) is 11.0 Å². The minimum atomic E-state index is -1.07. The number of pyridine rings is 1. The first-order valence-electron chi connectivity index (χ1n) is 13.8. The van der Waals surface area contributed by atoms with Gasteiger partial charge >= 0.3 is 5.97 Å². The maximum absolute atomic E-state index is 15.4. The highest BCUT2D eigenvalue weighted by molar-refractivity contribution is 5.94. The van der Waals surface area contributed by atoms with Crippen molar-refractivity contribution >= 4 is 17.5 Å². The Bertz CT molecular complexity index is 1820. The fraction of sp³-hybridized carbons (Fsp3) is 0.281. The molecule has 0 spiro atoms. The normalized spacial score (nSPS) is 19.1. The number of rotatable bonds is 5. The lowest BCUT2D eigenvalue weighted by Gasteiger charge is -2.34. The summed E-state index contributed by atoms with van der Waals surface area (Å²) in [5.41, 5.74) is 6.10. The molecule has 3 aliphatic rings. The van der Waals surface area contributed by atoms with E-state index >= 15 is 4.39 Å². The Kier molecular flexibility index (Phi) is 5.67. The predicted octanol–water partition coefficient (Wildman–Crippen LogP) is 5.84. The van der Waals surface area contributed by atoms with Crippen molar-refractivity contribution in [3.05, 3.63) is 94.7 Å². The second-order valence-corrected chi connectivity index (χ2v) is 11.4. The Balaban J connectivity index is 1.25. The quantitative estimate of drug-likeness (QED) is 0.336. The van der Waals surface area contributed by atoms with E-state index < -0.39 is 11.8 Å². The number of carbonyl (C=O) groups excluding carboxylic acids is 1. The lowest BCUT2D eigenvalue weighted by atomic mass is 9.95. The van der Waals surface area contributed by atoms with Crippen molar-refractivity contribution in [2.75, 3.05) is 6.54 Å². The number of aromatic carboxylic acids is 1. The molecule has 206 valence electrons. The molecule has 1 aliphatic heterocycles. The third-order valence-electron chi connectivity index (χ3n) is 8.72. The minimum Gasteiger partial charge on any atom is -0.478 e. The van der Waals surface area contributed by atoms with Crippen LogP contribution in [0.25, 0.3) is 28.2 Å². The molecule has 0 radical (unpaired) electrons. The number of hydrogen-bond acceptors (Lipinski definition) is 5. The number of carboxylic acid groups (broad SMARTS) is 1. The number of allylic oxidation sites excluding steroid dienone is 1. The predicted molar refractivity (Wildman–Crippen MR) is 151 cm³/mol.